The Bertz CT molecular complexity index is 1980. The lowest BCUT2D eigenvalue weighted by molar-refractivity contribution is -0.116. The molecule has 0 saturated carbocycles. The molecule has 49 heavy (non-hydrogen) atoms. The summed E-state index contributed by atoms with van der Waals surface area (Å²) < 4.78 is 0. The number of halogens is 2. The van der Waals surface area contributed by atoms with E-state index in [2.05, 4.69) is 20.9 Å². The van der Waals surface area contributed by atoms with Gasteiger partial charge in [0.05, 0.1) is 21.0 Å². The normalized spacial score (nSPS) is 11.8. The van der Waals surface area contributed by atoms with Gasteiger partial charge < -0.3 is 20.9 Å². The van der Waals surface area contributed by atoms with E-state index in [1.54, 1.807) is 60.7 Å². The maximum Gasteiger partial charge on any atom is 0.272 e. The standard InChI is InChI=1S/C37H33Cl2N5O3S2/c1-4-33(36(47)43-37-42-32(22-48-37)25-15-18-29(38)30(39)20-25)49-28-12-8-11-26(21-28)40-35(46)31(41-34(45)24-9-6-5-7-10-24)19-23-13-16-27(17-14-23)44(2)3/h5-22,33H,4H2,1-3H3,(H,40,46)(H,41,45)(H,42,43,47)/b31-19+. The Kier molecular flexibility index (Phi) is 12.1. The van der Waals surface area contributed by atoms with Crippen molar-refractivity contribution in [2.45, 2.75) is 23.5 Å². The third-order valence-electron chi connectivity index (χ3n) is 7.23. The van der Waals surface area contributed by atoms with Gasteiger partial charge in [0.15, 0.2) is 5.13 Å². The number of hydrogen-bond donors (Lipinski definition) is 3. The first-order valence-electron chi connectivity index (χ1n) is 15.2. The zero-order valence-corrected chi connectivity index (χ0v) is 30.0. The molecule has 5 aromatic rings. The van der Waals surface area contributed by atoms with Gasteiger partial charge in [-0.1, -0.05) is 72.6 Å². The zero-order valence-electron chi connectivity index (χ0n) is 26.9. The molecule has 1 atom stereocenters. The first kappa shape index (κ1) is 35.7. The second kappa shape index (κ2) is 16.7. The molecule has 0 aliphatic rings. The molecule has 250 valence electrons. The molecule has 1 aromatic heterocycles. The molecular formula is C37H33Cl2N5O3S2. The lowest BCUT2D eigenvalue weighted by Gasteiger charge is -2.15. The van der Waals surface area contributed by atoms with Gasteiger partial charge >= 0.3 is 0 Å². The van der Waals surface area contributed by atoms with Crippen LogP contribution in [-0.2, 0) is 9.59 Å². The molecule has 0 spiro atoms. The SMILES string of the molecule is CCC(Sc1cccc(NC(=O)/C(=C\c2ccc(N(C)C)cc2)NC(=O)c2ccccc2)c1)C(=O)Nc1nc(-c2ccc(Cl)c(Cl)c2)cs1. The molecule has 0 aliphatic heterocycles. The van der Waals surface area contributed by atoms with Gasteiger partial charge in [0.1, 0.15) is 5.70 Å². The van der Waals surface area contributed by atoms with Crippen LogP contribution in [-0.4, -0.2) is 42.1 Å². The number of carbonyl (C=O) groups excluding carboxylic acids is 3. The van der Waals surface area contributed by atoms with Crippen molar-refractivity contribution in [3.63, 3.8) is 0 Å². The largest absolute Gasteiger partial charge is 0.378 e. The molecule has 1 heterocycles. The highest BCUT2D eigenvalue weighted by Crippen LogP contribution is 2.32. The van der Waals surface area contributed by atoms with Crippen molar-refractivity contribution in [1.82, 2.24) is 10.3 Å². The van der Waals surface area contributed by atoms with Gasteiger partial charge in [0.2, 0.25) is 5.91 Å². The van der Waals surface area contributed by atoms with E-state index in [0.717, 1.165) is 21.7 Å². The van der Waals surface area contributed by atoms with Crippen LogP contribution >= 0.6 is 46.3 Å². The minimum Gasteiger partial charge on any atom is -0.378 e. The van der Waals surface area contributed by atoms with Crippen LogP contribution in [0.15, 0.2) is 113 Å². The van der Waals surface area contributed by atoms with Gasteiger partial charge in [-0.3, -0.25) is 14.4 Å². The van der Waals surface area contributed by atoms with Crippen LogP contribution in [0.4, 0.5) is 16.5 Å². The summed E-state index contributed by atoms with van der Waals surface area (Å²) in [5.74, 6) is -1.09. The second-order valence-corrected chi connectivity index (χ2v) is 14.0. The predicted molar refractivity (Wildman–Crippen MR) is 204 cm³/mol. The topological polar surface area (TPSA) is 103 Å². The number of benzene rings is 4. The van der Waals surface area contributed by atoms with E-state index in [4.69, 9.17) is 23.2 Å². The molecule has 4 aromatic carbocycles. The average Bonchev–Trinajstić information content (AvgIpc) is 3.57. The highest BCUT2D eigenvalue weighted by Gasteiger charge is 2.21. The number of rotatable bonds is 12. The maximum atomic E-state index is 13.6. The van der Waals surface area contributed by atoms with Gasteiger partial charge in [-0.25, -0.2) is 4.98 Å². The molecule has 12 heteroatoms. The van der Waals surface area contributed by atoms with Crippen LogP contribution in [0.25, 0.3) is 17.3 Å². The van der Waals surface area contributed by atoms with Crippen molar-refractivity contribution in [2.75, 3.05) is 29.6 Å². The molecule has 0 saturated heterocycles. The Balaban J connectivity index is 1.28. The van der Waals surface area contributed by atoms with Gasteiger partial charge in [-0.2, -0.15) is 0 Å². The highest BCUT2D eigenvalue weighted by molar-refractivity contribution is 8.00. The molecule has 0 aliphatic carbocycles. The molecule has 5 rings (SSSR count). The molecule has 1 unspecified atom stereocenters. The fourth-order valence-electron chi connectivity index (χ4n) is 4.61. The summed E-state index contributed by atoms with van der Waals surface area (Å²) in [5.41, 5.74) is 4.25. The lowest BCUT2D eigenvalue weighted by atomic mass is 10.1. The van der Waals surface area contributed by atoms with Gasteiger partial charge in [0.25, 0.3) is 11.8 Å². The first-order chi connectivity index (χ1) is 23.6. The number of hydrogen-bond acceptors (Lipinski definition) is 7. The summed E-state index contributed by atoms with van der Waals surface area (Å²) in [6.45, 7) is 1.93. The monoisotopic (exact) mass is 729 g/mol. The van der Waals surface area contributed by atoms with Crippen LogP contribution in [0.1, 0.15) is 29.3 Å². The van der Waals surface area contributed by atoms with E-state index < -0.39 is 17.1 Å². The first-order valence-corrected chi connectivity index (χ1v) is 17.8. The minimum atomic E-state index is -0.491. The average molecular weight is 731 g/mol. The quantitative estimate of drug-likeness (QED) is 0.0875. The molecule has 0 radical (unpaired) electrons. The molecular weight excluding hydrogens is 697 g/mol. The fraction of sp³-hybridized carbons (Fsp3) is 0.135. The molecule has 8 nitrogen and oxygen atoms in total. The van der Waals surface area contributed by atoms with Crippen molar-refractivity contribution < 1.29 is 14.4 Å². The summed E-state index contributed by atoms with van der Waals surface area (Å²) in [4.78, 5) is 47.2. The van der Waals surface area contributed by atoms with E-state index in [9.17, 15) is 14.4 Å². The number of anilines is 3. The number of thioether (sulfide) groups is 1. The zero-order chi connectivity index (χ0) is 34.9. The number of thiazole rings is 1. The molecule has 3 N–H and O–H groups in total. The number of aromatic nitrogens is 1. The third-order valence-corrected chi connectivity index (χ3v) is 10.1. The van der Waals surface area contributed by atoms with E-state index in [-0.39, 0.29) is 11.6 Å². The van der Waals surface area contributed by atoms with Gasteiger partial charge in [-0.05, 0) is 72.7 Å². The minimum absolute atomic E-state index is 0.0824. The summed E-state index contributed by atoms with van der Waals surface area (Å²) in [5, 5.41) is 11.4. The molecule has 3 amide bonds. The van der Waals surface area contributed by atoms with Crippen LogP contribution in [0.5, 0.6) is 0 Å². The summed E-state index contributed by atoms with van der Waals surface area (Å²) >= 11 is 14.9. The number of nitrogens with one attached hydrogen (secondary N) is 3. The molecule has 0 bridgehead atoms. The second-order valence-electron chi connectivity index (χ2n) is 11.0. The van der Waals surface area contributed by atoms with E-state index in [0.29, 0.717) is 38.5 Å². The van der Waals surface area contributed by atoms with Crippen molar-refractivity contribution in [3.8, 4) is 11.3 Å². The van der Waals surface area contributed by atoms with Crippen LogP contribution in [0.3, 0.4) is 0 Å². The molecule has 0 fully saturated rings. The van der Waals surface area contributed by atoms with Gasteiger partial charge in [0, 0.05) is 46.9 Å². The van der Waals surface area contributed by atoms with E-state index in [1.807, 2.05) is 73.8 Å². The number of carbonyl (C=O) groups is 3. The summed E-state index contributed by atoms with van der Waals surface area (Å²) in [7, 11) is 3.89. The van der Waals surface area contributed by atoms with Crippen molar-refractivity contribution in [1.29, 1.82) is 0 Å². The third kappa shape index (κ3) is 9.73. The van der Waals surface area contributed by atoms with Crippen LogP contribution < -0.4 is 20.9 Å². The predicted octanol–water partition coefficient (Wildman–Crippen LogP) is 9.10. The van der Waals surface area contributed by atoms with Crippen molar-refractivity contribution in [3.05, 3.63) is 129 Å². The number of nitrogens with zero attached hydrogens (tertiary/aromatic N) is 2. The highest BCUT2D eigenvalue weighted by atomic mass is 35.5. The van der Waals surface area contributed by atoms with Gasteiger partial charge in [-0.15, -0.1) is 23.1 Å². The Hall–Kier alpha value is -4.61. The summed E-state index contributed by atoms with van der Waals surface area (Å²) in [6, 6.07) is 28.8. The number of amides is 3. The Morgan fingerprint density at radius 1 is 0.898 bits per heavy atom. The lowest BCUT2D eigenvalue weighted by Crippen LogP contribution is -2.30. The smallest absolute Gasteiger partial charge is 0.272 e. The Morgan fingerprint density at radius 3 is 2.35 bits per heavy atom. The van der Waals surface area contributed by atoms with E-state index in [1.165, 1.54) is 23.1 Å². The van der Waals surface area contributed by atoms with Crippen molar-refractivity contribution >= 4 is 86.6 Å². The maximum absolute atomic E-state index is 13.6. The van der Waals surface area contributed by atoms with Crippen molar-refractivity contribution in [2.24, 2.45) is 0 Å². The summed E-state index contributed by atoms with van der Waals surface area (Å²) in [6.07, 6.45) is 2.19. The van der Waals surface area contributed by atoms with Crippen LogP contribution in [0.2, 0.25) is 10.0 Å². The van der Waals surface area contributed by atoms with E-state index >= 15 is 0 Å². The van der Waals surface area contributed by atoms with Crippen LogP contribution in [0, 0.1) is 0 Å². The Morgan fingerprint density at radius 2 is 1.65 bits per heavy atom. The Labute approximate surface area is 303 Å². The fourth-order valence-corrected chi connectivity index (χ4v) is 6.65.